The van der Waals surface area contributed by atoms with Crippen molar-refractivity contribution in [2.75, 3.05) is 11.9 Å². The van der Waals surface area contributed by atoms with Crippen LogP contribution in [0.4, 0.5) is 5.82 Å². The van der Waals surface area contributed by atoms with Gasteiger partial charge < -0.3 is 10.6 Å². The highest BCUT2D eigenvalue weighted by Crippen LogP contribution is 2.24. The predicted molar refractivity (Wildman–Crippen MR) is 90.3 cm³/mol. The van der Waals surface area contributed by atoms with E-state index in [0.29, 0.717) is 0 Å². The first kappa shape index (κ1) is 15.5. The van der Waals surface area contributed by atoms with Gasteiger partial charge in [-0.05, 0) is 57.4 Å². The summed E-state index contributed by atoms with van der Waals surface area (Å²) < 4.78 is 1.16. The van der Waals surface area contributed by atoms with Gasteiger partial charge in [-0.1, -0.05) is 13.0 Å². The third-order valence-electron chi connectivity index (χ3n) is 3.28. The molecular weight excluding hydrogens is 334 g/mol. The van der Waals surface area contributed by atoms with E-state index in [1.54, 1.807) is 11.3 Å². The fourth-order valence-electron chi connectivity index (χ4n) is 2.14. The SMILES string of the molecule is CCC(N)Cc1cccnc1N(C)Cc1csc(Br)c1. The molecule has 0 radical (unpaired) electrons. The highest BCUT2D eigenvalue weighted by atomic mass is 79.9. The summed E-state index contributed by atoms with van der Waals surface area (Å²) >= 11 is 5.21. The normalized spacial score (nSPS) is 12.4. The summed E-state index contributed by atoms with van der Waals surface area (Å²) in [6, 6.07) is 6.46. The Morgan fingerprint density at radius 1 is 1.50 bits per heavy atom. The van der Waals surface area contributed by atoms with Gasteiger partial charge in [-0.2, -0.15) is 0 Å². The van der Waals surface area contributed by atoms with E-state index in [4.69, 9.17) is 5.73 Å². The summed E-state index contributed by atoms with van der Waals surface area (Å²) in [6.07, 6.45) is 3.70. The molecule has 0 saturated carbocycles. The van der Waals surface area contributed by atoms with Crippen molar-refractivity contribution in [3.63, 3.8) is 0 Å². The third kappa shape index (κ3) is 4.04. The number of hydrogen-bond donors (Lipinski definition) is 1. The Hall–Kier alpha value is -0.910. The van der Waals surface area contributed by atoms with E-state index in [1.165, 1.54) is 11.1 Å². The van der Waals surface area contributed by atoms with E-state index in [1.807, 2.05) is 12.3 Å². The number of pyridine rings is 1. The third-order valence-corrected chi connectivity index (χ3v) is 4.83. The smallest absolute Gasteiger partial charge is 0.131 e. The number of anilines is 1. The minimum Gasteiger partial charge on any atom is -0.355 e. The molecule has 5 heteroatoms. The number of aromatic nitrogens is 1. The highest BCUT2D eigenvalue weighted by molar-refractivity contribution is 9.11. The predicted octanol–water partition coefficient (Wildman–Crippen LogP) is 3.82. The molecule has 0 aliphatic heterocycles. The Labute approximate surface area is 133 Å². The van der Waals surface area contributed by atoms with E-state index in [9.17, 15) is 0 Å². The fourth-order valence-corrected chi connectivity index (χ4v) is 3.34. The lowest BCUT2D eigenvalue weighted by atomic mass is 10.1. The Balaban J connectivity index is 2.14. The quantitative estimate of drug-likeness (QED) is 0.858. The maximum absolute atomic E-state index is 6.08. The number of thiophene rings is 1. The van der Waals surface area contributed by atoms with Gasteiger partial charge in [0.1, 0.15) is 5.82 Å². The number of nitrogens with two attached hydrogens (primary N) is 1. The zero-order valence-corrected chi connectivity index (χ0v) is 14.2. The molecule has 0 spiro atoms. The van der Waals surface area contributed by atoms with Gasteiger partial charge in [-0.15, -0.1) is 11.3 Å². The number of halogens is 1. The van der Waals surface area contributed by atoms with Crippen molar-refractivity contribution in [2.45, 2.75) is 32.4 Å². The van der Waals surface area contributed by atoms with Crippen molar-refractivity contribution in [3.8, 4) is 0 Å². The summed E-state index contributed by atoms with van der Waals surface area (Å²) in [5.74, 6) is 1.03. The standard InChI is InChI=1S/C15H20BrN3S/c1-3-13(17)8-12-5-4-6-18-15(12)19(2)9-11-7-14(16)20-10-11/h4-7,10,13H,3,8-9,17H2,1-2H3. The van der Waals surface area contributed by atoms with E-state index in [0.717, 1.165) is 29.0 Å². The number of hydrogen-bond acceptors (Lipinski definition) is 4. The van der Waals surface area contributed by atoms with Crippen LogP contribution in [0, 0.1) is 0 Å². The average molecular weight is 354 g/mol. The van der Waals surface area contributed by atoms with Crippen molar-refractivity contribution in [1.29, 1.82) is 0 Å². The molecule has 0 aliphatic rings. The lowest BCUT2D eigenvalue weighted by Crippen LogP contribution is -2.24. The molecule has 2 heterocycles. The van der Waals surface area contributed by atoms with Gasteiger partial charge in [0.15, 0.2) is 0 Å². The van der Waals surface area contributed by atoms with Crippen LogP contribution in [0.5, 0.6) is 0 Å². The first-order valence-corrected chi connectivity index (χ1v) is 8.41. The monoisotopic (exact) mass is 353 g/mol. The van der Waals surface area contributed by atoms with Crippen LogP contribution in [-0.2, 0) is 13.0 Å². The molecule has 1 unspecified atom stereocenters. The van der Waals surface area contributed by atoms with Crippen molar-refractivity contribution in [3.05, 3.63) is 44.7 Å². The Morgan fingerprint density at radius 2 is 2.30 bits per heavy atom. The second-order valence-corrected chi connectivity index (χ2v) is 7.26. The molecule has 0 aliphatic carbocycles. The maximum atomic E-state index is 6.08. The van der Waals surface area contributed by atoms with Crippen LogP contribution in [0.3, 0.4) is 0 Å². The van der Waals surface area contributed by atoms with Crippen LogP contribution < -0.4 is 10.6 Å². The molecule has 0 bridgehead atoms. The average Bonchev–Trinajstić information content (AvgIpc) is 2.84. The molecule has 2 aromatic heterocycles. The Kier molecular flexibility index (Phi) is 5.57. The van der Waals surface area contributed by atoms with Gasteiger partial charge in [0.2, 0.25) is 0 Å². The lowest BCUT2D eigenvalue weighted by molar-refractivity contribution is 0.643. The molecule has 0 aromatic carbocycles. The summed E-state index contributed by atoms with van der Waals surface area (Å²) in [7, 11) is 2.08. The van der Waals surface area contributed by atoms with E-state index < -0.39 is 0 Å². The van der Waals surface area contributed by atoms with Crippen LogP contribution in [0.2, 0.25) is 0 Å². The van der Waals surface area contributed by atoms with Crippen molar-refractivity contribution >= 4 is 33.1 Å². The molecule has 20 heavy (non-hydrogen) atoms. The summed E-state index contributed by atoms with van der Waals surface area (Å²) in [5, 5.41) is 2.17. The molecule has 3 nitrogen and oxygen atoms in total. The summed E-state index contributed by atoms with van der Waals surface area (Å²) in [4.78, 5) is 6.72. The van der Waals surface area contributed by atoms with Gasteiger partial charge in [0.05, 0.1) is 3.79 Å². The van der Waals surface area contributed by atoms with Crippen molar-refractivity contribution in [2.24, 2.45) is 5.73 Å². The minimum absolute atomic E-state index is 0.196. The molecule has 0 fully saturated rings. The number of rotatable bonds is 6. The van der Waals surface area contributed by atoms with Crippen LogP contribution >= 0.6 is 27.3 Å². The molecule has 2 aromatic rings. The van der Waals surface area contributed by atoms with Crippen LogP contribution in [0.25, 0.3) is 0 Å². The molecule has 2 rings (SSSR count). The highest BCUT2D eigenvalue weighted by Gasteiger charge is 2.12. The minimum atomic E-state index is 0.196. The zero-order valence-electron chi connectivity index (χ0n) is 11.8. The topological polar surface area (TPSA) is 42.1 Å². The number of nitrogens with zero attached hydrogens (tertiary/aromatic N) is 2. The van der Waals surface area contributed by atoms with Gasteiger partial charge >= 0.3 is 0 Å². The van der Waals surface area contributed by atoms with Crippen LogP contribution in [-0.4, -0.2) is 18.1 Å². The van der Waals surface area contributed by atoms with E-state index >= 15 is 0 Å². The second-order valence-electron chi connectivity index (χ2n) is 4.97. The first-order chi connectivity index (χ1) is 9.60. The largest absolute Gasteiger partial charge is 0.355 e. The molecule has 0 amide bonds. The van der Waals surface area contributed by atoms with E-state index in [2.05, 4.69) is 57.3 Å². The molecule has 2 N–H and O–H groups in total. The zero-order chi connectivity index (χ0) is 14.5. The van der Waals surface area contributed by atoms with Gasteiger partial charge in [-0.25, -0.2) is 4.98 Å². The summed E-state index contributed by atoms with van der Waals surface area (Å²) in [6.45, 7) is 2.97. The molecule has 108 valence electrons. The molecular formula is C15H20BrN3S. The van der Waals surface area contributed by atoms with Gasteiger partial charge in [0, 0.05) is 25.8 Å². The molecule has 1 atom stereocenters. The first-order valence-electron chi connectivity index (χ1n) is 6.73. The fraction of sp³-hybridized carbons (Fsp3) is 0.400. The van der Waals surface area contributed by atoms with Crippen molar-refractivity contribution in [1.82, 2.24) is 4.98 Å². The Morgan fingerprint density at radius 3 is 2.95 bits per heavy atom. The maximum Gasteiger partial charge on any atom is 0.131 e. The second kappa shape index (κ2) is 7.20. The van der Waals surface area contributed by atoms with Crippen LogP contribution in [0.15, 0.2) is 33.6 Å². The van der Waals surface area contributed by atoms with Crippen molar-refractivity contribution < 1.29 is 0 Å². The summed E-state index contributed by atoms with van der Waals surface area (Å²) in [5.41, 5.74) is 8.59. The van der Waals surface area contributed by atoms with E-state index in [-0.39, 0.29) is 6.04 Å². The Bertz CT molecular complexity index is 556. The van der Waals surface area contributed by atoms with Crippen LogP contribution in [0.1, 0.15) is 24.5 Å². The lowest BCUT2D eigenvalue weighted by Gasteiger charge is -2.21. The van der Waals surface area contributed by atoms with Gasteiger partial charge in [0.25, 0.3) is 0 Å². The van der Waals surface area contributed by atoms with Gasteiger partial charge in [-0.3, -0.25) is 0 Å². The molecule has 0 saturated heterocycles.